The number of carbonyl (C=O) groups excluding carboxylic acids is 1. The zero-order valence-electron chi connectivity index (χ0n) is 16.0. The molecule has 0 aliphatic carbocycles. The van der Waals surface area contributed by atoms with Crippen LogP contribution in [0.5, 0.6) is 23.0 Å². The summed E-state index contributed by atoms with van der Waals surface area (Å²) < 4.78 is 16.7. The van der Waals surface area contributed by atoms with Crippen molar-refractivity contribution in [2.75, 3.05) is 19.0 Å². The molecule has 28 heavy (non-hydrogen) atoms. The maximum atomic E-state index is 12.5. The van der Waals surface area contributed by atoms with Crippen molar-refractivity contribution in [3.63, 3.8) is 0 Å². The predicted octanol–water partition coefficient (Wildman–Crippen LogP) is 5.07. The number of benzene rings is 3. The number of anilines is 1. The Hall–Kier alpha value is -3.47. The molecule has 0 aliphatic heterocycles. The standard InChI is InChI=1S/C23H23NO4/c1-3-27-18-12-14-19(15-13-18)28-22-11-7-5-9-20(22)24-23(25)16-17-8-4-6-10-21(17)26-2/h4-15H,3,16H2,1-2H3,(H,24,25). The van der Waals surface area contributed by atoms with Crippen LogP contribution in [0.4, 0.5) is 5.69 Å². The average molecular weight is 377 g/mol. The van der Waals surface area contributed by atoms with Crippen LogP contribution in [0.3, 0.4) is 0 Å². The van der Waals surface area contributed by atoms with E-state index in [9.17, 15) is 4.79 Å². The Morgan fingerprint density at radius 1 is 0.857 bits per heavy atom. The van der Waals surface area contributed by atoms with Gasteiger partial charge in [0.15, 0.2) is 5.75 Å². The number of ether oxygens (including phenoxy) is 3. The van der Waals surface area contributed by atoms with Crippen LogP contribution in [-0.4, -0.2) is 19.6 Å². The average Bonchev–Trinajstić information content (AvgIpc) is 2.71. The van der Waals surface area contributed by atoms with Gasteiger partial charge in [-0.15, -0.1) is 0 Å². The van der Waals surface area contributed by atoms with E-state index in [1.807, 2.05) is 79.7 Å². The highest BCUT2D eigenvalue weighted by atomic mass is 16.5. The van der Waals surface area contributed by atoms with Crippen LogP contribution >= 0.6 is 0 Å². The molecular weight excluding hydrogens is 354 g/mol. The summed E-state index contributed by atoms with van der Waals surface area (Å²) in [5, 5.41) is 2.92. The molecule has 3 aromatic rings. The molecule has 5 heteroatoms. The molecule has 0 bridgehead atoms. The van der Waals surface area contributed by atoms with Crippen molar-refractivity contribution in [3.8, 4) is 23.0 Å². The van der Waals surface area contributed by atoms with Gasteiger partial charge in [-0.3, -0.25) is 4.79 Å². The van der Waals surface area contributed by atoms with Crippen LogP contribution < -0.4 is 19.5 Å². The first-order valence-corrected chi connectivity index (χ1v) is 9.11. The smallest absolute Gasteiger partial charge is 0.229 e. The van der Waals surface area contributed by atoms with Gasteiger partial charge in [-0.25, -0.2) is 0 Å². The maximum Gasteiger partial charge on any atom is 0.229 e. The Kier molecular flexibility index (Phi) is 6.52. The van der Waals surface area contributed by atoms with Crippen LogP contribution in [0.1, 0.15) is 12.5 Å². The maximum absolute atomic E-state index is 12.5. The summed E-state index contributed by atoms with van der Waals surface area (Å²) in [6.45, 7) is 2.55. The topological polar surface area (TPSA) is 56.8 Å². The summed E-state index contributed by atoms with van der Waals surface area (Å²) in [7, 11) is 1.59. The lowest BCUT2D eigenvalue weighted by atomic mass is 10.1. The lowest BCUT2D eigenvalue weighted by Crippen LogP contribution is -2.15. The van der Waals surface area contributed by atoms with Crippen molar-refractivity contribution in [3.05, 3.63) is 78.4 Å². The highest BCUT2D eigenvalue weighted by Gasteiger charge is 2.11. The van der Waals surface area contributed by atoms with Gasteiger partial charge in [-0.05, 0) is 49.4 Å². The molecule has 0 saturated heterocycles. The van der Waals surface area contributed by atoms with Crippen molar-refractivity contribution >= 4 is 11.6 Å². The van der Waals surface area contributed by atoms with E-state index in [0.717, 1.165) is 11.3 Å². The molecule has 1 amide bonds. The second kappa shape index (κ2) is 9.46. The van der Waals surface area contributed by atoms with Crippen LogP contribution in [0.25, 0.3) is 0 Å². The Morgan fingerprint density at radius 2 is 1.50 bits per heavy atom. The highest BCUT2D eigenvalue weighted by molar-refractivity contribution is 5.94. The van der Waals surface area contributed by atoms with Crippen LogP contribution in [0.15, 0.2) is 72.8 Å². The first-order valence-electron chi connectivity index (χ1n) is 9.11. The van der Waals surface area contributed by atoms with E-state index in [0.29, 0.717) is 29.5 Å². The molecule has 0 radical (unpaired) electrons. The summed E-state index contributed by atoms with van der Waals surface area (Å²) in [5.74, 6) is 2.56. The fraction of sp³-hybridized carbons (Fsp3) is 0.174. The van der Waals surface area contributed by atoms with Crippen molar-refractivity contribution in [1.82, 2.24) is 0 Å². The predicted molar refractivity (Wildman–Crippen MR) is 109 cm³/mol. The minimum atomic E-state index is -0.146. The second-order valence-electron chi connectivity index (χ2n) is 6.04. The van der Waals surface area contributed by atoms with Crippen molar-refractivity contribution < 1.29 is 19.0 Å². The molecule has 3 aromatic carbocycles. The minimum absolute atomic E-state index is 0.146. The normalized spacial score (nSPS) is 10.2. The van der Waals surface area contributed by atoms with E-state index in [4.69, 9.17) is 14.2 Å². The molecule has 1 N–H and O–H groups in total. The molecule has 5 nitrogen and oxygen atoms in total. The summed E-state index contributed by atoms with van der Waals surface area (Å²) >= 11 is 0. The Labute approximate surface area is 164 Å². The third-order valence-electron chi connectivity index (χ3n) is 4.07. The van der Waals surface area contributed by atoms with E-state index < -0.39 is 0 Å². The van der Waals surface area contributed by atoms with E-state index in [1.54, 1.807) is 7.11 Å². The Bertz CT molecular complexity index is 922. The van der Waals surface area contributed by atoms with E-state index in [1.165, 1.54) is 0 Å². The Morgan fingerprint density at radius 3 is 2.21 bits per heavy atom. The van der Waals surface area contributed by atoms with E-state index in [2.05, 4.69) is 5.32 Å². The van der Waals surface area contributed by atoms with Crippen LogP contribution in [-0.2, 0) is 11.2 Å². The fourth-order valence-corrected chi connectivity index (χ4v) is 2.77. The number of hydrogen-bond acceptors (Lipinski definition) is 4. The van der Waals surface area contributed by atoms with Gasteiger partial charge in [0.2, 0.25) is 5.91 Å². The number of hydrogen-bond donors (Lipinski definition) is 1. The molecule has 3 rings (SSSR count). The van der Waals surface area contributed by atoms with Crippen molar-refractivity contribution in [2.24, 2.45) is 0 Å². The number of para-hydroxylation sites is 3. The number of methoxy groups -OCH3 is 1. The first kappa shape index (κ1) is 19.3. The summed E-state index contributed by atoms with van der Waals surface area (Å²) in [4.78, 5) is 12.5. The number of rotatable bonds is 8. The molecule has 0 aliphatic rings. The molecule has 0 unspecified atom stereocenters. The zero-order valence-corrected chi connectivity index (χ0v) is 16.0. The van der Waals surface area contributed by atoms with Crippen molar-refractivity contribution in [1.29, 1.82) is 0 Å². The van der Waals surface area contributed by atoms with Gasteiger partial charge in [0.05, 0.1) is 25.8 Å². The summed E-state index contributed by atoms with van der Waals surface area (Å²) in [5.41, 5.74) is 1.43. The highest BCUT2D eigenvalue weighted by Crippen LogP contribution is 2.30. The van der Waals surface area contributed by atoms with Gasteiger partial charge < -0.3 is 19.5 Å². The molecule has 0 spiro atoms. The molecule has 0 heterocycles. The monoisotopic (exact) mass is 377 g/mol. The van der Waals surface area contributed by atoms with Crippen LogP contribution in [0.2, 0.25) is 0 Å². The number of carbonyl (C=O) groups is 1. The molecule has 0 saturated carbocycles. The van der Waals surface area contributed by atoms with E-state index in [-0.39, 0.29) is 12.3 Å². The van der Waals surface area contributed by atoms with E-state index >= 15 is 0 Å². The molecule has 144 valence electrons. The zero-order chi connectivity index (χ0) is 19.8. The van der Waals surface area contributed by atoms with Crippen LogP contribution in [0, 0.1) is 0 Å². The summed E-state index contributed by atoms with van der Waals surface area (Å²) in [6, 6.07) is 22.2. The second-order valence-corrected chi connectivity index (χ2v) is 6.04. The van der Waals surface area contributed by atoms with Gasteiger partial charge in [0, 0.05) is 5.56 Å². The minimum Gasteiger partial charge on any atom is -0.496 e. The fourth-order valence-electron chi connectivity index (χ4n) is 2.77. The lowest BCUT2D eigenvalue weighted by Gasteiger charge is -2.13. The Balaban J connectivity index is 1.70. The largest absolute Gasteiger partial charge is 0.496 e. The van der Waals surface area contributed by atoms with Gasteiger partial charge in [-0.2, -0.15) is 0 Å². The molecule has 0 atom stereocenters. The SMILES string of the molecule is CCOc1ccc(Oc2ccccc2NC(=O)Cc2ccccc2OC)cc1. The number of nitrogens with one attached hydrogen (secondary N) is 1. The van der Waals surface area contributed by atoms with Gasteiger partial charge in [-0.1, -0.05) is 30.3 Å². The number of amides is 1. The molecule has 0 fully saturated rings. The third kappa shape index (κ3) is 5.04. The van der Waals surface area contributed by atoms with Gasteiger partial charge >= 0.3 is 0 Å². The van der Waals surface area contributed by atoms with Gasteiger partial charge in [0.25, 0.3) is 0 Å². The molecular formula is C23H23NO4. The van der Waals surface area contributed by atoms with Crippen molar-refractivity contribution in [2.45, 2.75) is 13.3 Å². The first-order chi connectivity index (χ1) is 13.7. The quantitative estimate of drug-likeness (QED) is 0.596. The molecule has 0 aromatic heterocycles. The lowest BCUT2D eigenvalue weighted by molar-refractivity contribution is -0.115. The van der Waals surface area contributed by atoms with Gasteiger partial charge in [0.1, 0.15) is 17.2 Å². The summed E-state index contributed by atoms with van der Waals surface area (Å²) in [6.07, 6.45) is 0.210. The third-order valence-corrected chi connectivity index (χ3v) is 4.07.